The van der Waals surface area contributed by atoms with E-state index in [0.29, 0.717) is 12.1 Å². The highest BCUT2D eigenvalue weighted by atomic mass is 19.2. The zero-order valence-corrected chi connectivity index (χ0v) is 15.0. The summed E-state index contributed by atoms with van der Waals surface area (Å²) in [6, 6.07) is 10.0. The predicted octanol–water partition coefficient (Wildman–Crippen LogP) is 1.86. The highest BCUT2D eigenvalue weighted by Gasteiger charge is 2.15. The molecule has 0 bridgehead atoms. The molecule has 2 N–H and O–H groups in total. The molecular weight excluding hydrogens is 370 g/mol. The van der Waals surface area contributed by atoms with Gasteiger partial charge in [-0.1, -0.05) is 12.1 Å². The molecule has 0 spiro atoms. The monoisotopic (exact) mass is 388 g/mol. The van der Waals surface area contributed by atoms with Crippen LogP contribution in [0.2, 0.25) is 0 Å². The largest absolute Gasteiger partial charge is 0.345 e. The zero-order valence-electron chi connectivity index (χ0n) is 15.0. The van der Waals surface area contributed by atoms with Crippen molar-refractivity contribution in [1.82, 2.24) is 14.5 Å². The van der Waals surface area contributed by atoms with Crippen LogP contribution in [0.15, 0.2) is 47.3 Å². The molecule has 0 aliphatic rings. The molecule has 9 heteroatoms. The van der Waals surface area contributed by atoms with Gasteiger partial charge in [0.15, 0.2) is 11.6 Å². The lowest BCUT2D eigenvalue weighted by atomic mass is 10.3. The SMILES string of the molecule is CCn1c(=O)n(CC(=O)NCC(=O)Nc2ccc(F)c(F)c2)c2ccccc21. The van der Waals surface area contributed by atoms with Crippen LogP contribution in [0, 0.1) is 11.6 Å². The number of halogens is 2. The maximum Gasteiger partial charge on any atom is 0.329 e. The van der Waals surface area contributed by atoms with Gasteiger partial charge < -0.3 is 10.6 Å². The first kappa shape index (κ1) is 19.3. The minimum atomic E-state index is -1.09. The number of aromatic nitrogens is 2. The van der Waals surface area contributed by atoms with E-state index >= 15 is 0 Å². The second kappa shape index (κ2) is 8.03. The Kier molecular flexibility index (Phi) is 5.53. The molecule has 2 amide bonds. The summed E-state index contributed by atoms with van der Waals surface area (Å²) in [6.45, 7) is 1.68. The Morgan fingerprint density at radius 2 is 1.64 bits per heavy atom. The van der Waals surface area contributed by atoms with Crippen LogP contribution >= 0.6 is 0 Å². The van der Waals surface area contributed by atoms with E-state index in [9.17, 15) is 23.2 Å². The normalized spacial score (nSPS) is 10.8. The number of carbonyl (C=O) groups excluding carboxylic acids is 2. The third kappa shape index (κ3) is 3.93. The minimum absolute atomic E-state index is 0.0698. The summed E-state index contributed by atoms with van der Waals surface area (Å²) in [4.78, 5) is 36.6. The first-order valence-electron chi connectivity index (χ1n) is 8.60. The number of benzene rings is 2. The molecule has 0 aliphatic carbocycles. The number of hydrogen-bond acceptors (Lipinski definition) is 3. The summed E-state index contributed by atoms with van der Waals surface area (Å²) < 4.78 is 28.9. The molecule has 1 aromatic heterocycles. The number of amides is 2. The van der Waals surface area contributed by atoms with Crippen molar-refractivity contribution in [3.05, 3.63) is 64.6 Å². The maximum atomic E-state index is 13.2. The summed E-state index contributed by atoms with van der Waals surface area (Å²) in [5.74, 6) is -3.25. The van der Waals surface area contributed by atoms with Crippen molar-refractivity contribution in [3.63, 3.8) is 0 Å². The van der Waals surface area contributed by atoms with Gasteiger partial charge in [0.2, 0.25) is 11.8 Å². The number of anilines is 1. The summed E-state index contributed by atoms with van der Waals surface area (Å²) in [5, 5.41) is 4.76. The Morgan fingerprint density at radius 1 is 0.964 bits per heavy atom. The molecule has 0 aliphatic heterocycles. The van der Waals surface area contributed by atoms with Crippen LogP contribution in [0.5, 0.6) is 0 Å². The van der Waals surface area contributed by atoms with Crippen molar-refractivity contribution in [1.29, 1.82) is 0 Å². The molecule has 0 saturated carbocycles. The third-order valence-corrected chi connectivity index (χ3v) is 4.19. The van der Waals surface area contributed by atoms with E-state index in [4.69, 9.17) is 0 Å². The summed E-state index contributed by atoms with van der Waals surface area (Å²) in [5.41, 5.74) is 1.10. The fourth-order valence-electron chi connectivity index (χ4n) is 2.89. The molecule has 0 fully saturated rings. The molecule has 0 unspecified atom stereocenters. The Balaban J connectivity index is 1.64. The first-order chi connectivity index (χ1) is 13.4. The van der Waals surface area contributed by atoms with Crippen molar-refractivity contribution < 1.29 is 18.4 Å². The Hall–Kier alpha value is -3.49. The fraction of sp³-hybridized carbons (Fsp3) is 0.211. The van der Waals surface area contributed by atoms with Crippen LogP contribution < -0.4 is 16.3 Å². The van der Waals surface area contributed by atoms with Crippen LogP contribution in [-0.4, -0.2) is 27.5 Å². The number of fused-ring (bicyclic) bond motifs is 1. The topological polar surface area (TPSA) is 85.1 Å². The quantitative estimate of drug-likeness (QED) is 0.676. The standard InChI is InChI=1S/C19H18F2N4O3/c1-2-24-15-5-3-4-6-16(15)25(19(24)28)11-18(27)22-10-17(26)23-12-7-8-13(20)14(21)9-12/h3-9H,2,10-11H2,1H3,(H,22,27)(H,23,26). The van der Waals surface area contributed by atoms with Crippen molar-refractivity contribution in [2.24, 2.45) is 0 Å². The van der Waals surface area contributed by atoms with Gasteiger partial charge in [-0.25, -0.2) is 13.6 Å². The van der Waals surface area contributed by atoms with Gasteiger partial charge in [-0.2, -0.15) is 0 Å². The molecule has 2 aromatic carbocycles. The molecule has 0 saturated heterocycles. The molecule has 3 rings (SSSR count). The summed E-state index contributed by atoms with van der Waals surface area (Å²) in [6.07, 6.45) is 0. The molecule has 146 valence electrons. The predicted molar refractivity (Wildman–Crippen MR) is 99.9 cm³/mol. The second-order valence-corrected chi connectivity index (χ2v) is 6.06. The van der Waals surface area contributed by atoms with Crippen molar-refractivity contribution >= 4 is 28.5 Å². The third-order valence-electron chi connectivity index (χ3n) is 4.19. The van der Waals surface area contributed by atoms with Gasteiger partial charge in [-0.3, -0.25) is 18.7 Å². The van der Waals surface area contributed by atoms with Crippen LogP contribution in [0.3, 0.4) is 0 Å². The number of nitrogens with zero attached hydrogens (tertiary/aromatic N) is 2. The summed E-state index contributed by atoms with van der Waals surface area (Å²) >= 11 is 0. The lowest BCUT2D eigenvalue weighted by Crippen LogP contribution is -2.37. The highest BCUT2D eigenvalue weighted by molar-refractivity contribution is 5.94. The Morgan fingerprint density at radius 3 is 2.29 bits per heavy atom. The Labute approximate surface area is 158 Å². The average Bonchev–Trinajstić information content (AvgIpc) is 2.94. The van der Waals surface area contributed by atoms with Gasteiger partial charge in [-0.15, -0.1) is 0 Å². The van der Waals surface area contributed by atoms with E-state index < -0.39 is 23.4 Å². The van der Waals surface area contributed by atoms with Crippen LogP contribution in [-0.2, 0) is 22.7 Å². The molecule has 7 nitrogen and oxygen atoms in total. The number of rotatable bonds is 6. The van der Waals surface area contributed by atoms with Gasteiger partial charge in [0.25, 0.3) is 0 Å². The number of aryl methyl sites for hydroxylation is 1. The van der Waals surface area contributed by atoms with E-state index in [1.165, 1.54) is 10.6 Å². The highest BCUT2D eigenvalue weighted by Crippen LogP contribution is 2.13. The van der Waals surface area contributed by atoms with E-state index in [1.54, 1.807) is 28.8 Å². The second-order valence-electron chi connectivity index (χ2n) is 6.06. The molecule has 0 radical (unpaired) electrons. The lowest BCUT2D eigenvalue weighted by molar-refractivity contribution is -0.124. The lowest BCUT2D eigenvalue weighted by Gasteiger charge is -2.08. The zero-order chi connectivity index (χ0) is 20.3. The molecular formula is C19H18F2N4O3. The molecule has 3 aromatic rings. The van der Waals surface area contributed by atoms with Crippen LogP contribution in [0.1, 0.15) is 6.92 Å². The number of carbonyl (C=O) groups is 2. The fourth-order valence-corrected chi connectivity index (χ4v) is 2.89. The molecule has 1 heterocycles. The number of nitrogens with one attached hydrogen (secondary N) is 2. The van der Waals surface area contributed by atoms with Gasteiger partial charge in [0.05, 0.1) is 17.6 Å². The smallest absolute Gasteiger partial charge is 0.329 e. The van der Waals surface area contributed by atoms with Crippen molar-refractivity contribution in [2.75, 3.05) is 11.9 Å². The average molecular weight is 388 g/mol. The van der Waals surface area contributed by atoms with E-state index in [0.717, 1.165) is 17.6 Å². The molecule has 28 heavy (non-hydrogen) atoms. The first-order valence-corrected chi connectivity index (χ1v) is 8.60. The van der Waals surface area contributed by atoms with Gasteiger partial charge in [0.1, 0.15) is 6.54 Å². The van der Waals surface area contributed by atoms with Crippen LogP contribution in [0.4, 0.5) is 14.5 Å². The van der Waals surface area contributed by atoms with E-state index in [2.05, 4.69) is 10.6 Å². The van der Waals surface area contributed by atoms with Crippen molar-refractivity contribution in [2.45, 2.75) is 20.0 Å². The van der Waals surface area contributed by atoms with Gasteiger partial charge in [-0.05, 0) is 31.2 Å². The number of para-hydroxylation sites is 2. The number of imidazole rings is 1. The summed E-state index contributed by atoms with van der Waals surface area (Å²) in [7, 11) is 0. The van der Waals surface area contributed by atoms with Gasteiger partial charge in [0, 0.05) is 18.3 Å². The minimum Gasteiger partial charge on any atom is -0.345 e. The molecule has 0 atom stereocenters. The Bertz CT molecular complexity index is 1100. The number of hydrogen-bond donors (Lipinski definition) is 2. The van der Waals surface area contributed by atoms with Gasteiger partial charge >= 0.3 is 5.69 Å². The van der Waals surface area contributed by atoms with E-state index in [1.807, 2.05) is 6.92 Å². The van der Waals surface area contributed by atoms with Crippen LogP contribution in [0.25, 0.3) is 11.0 Å². The van der Waals surface area contributed by atoms with E-state index in [-0.39, 0.29) is 24.5 Å². The van der Waals surface area contributed by atoms with Crippen molar-refractivity contribution in [3.8, 4) is 0 Å². The maximum absolute atomic E-state index is 13.2.